The molecule has 0 saturated heterocycles. The van der Waals surface area contributed by atoms with Gasteiger partial charge < -0.3 is 30.2 Å². The highest BCUT2D eigenvalue weighted by molar-refractivity contribution is 14.0. The summed E-state index contributed by atoms with van der Waals surface area (Å²) in [6.45, 7) is 5.00. The van der Waals surface area contributed by atoms with Gasteiger partial charge in [0.25, 0.3) is 0 Å². The van der Waals surface area contributed by atoms with Crippen LogP contribution in [-0.2, 0) is 17.9 Å². The van der Waals surface area contributed by atoms with Gasteiger partial charge in [-0.25, -0.2) is 0 Å². The number of nitrogens with zero attached hydrogens (tertiary/aromatic N) is 1. The van der Waals surface area contributed by atoms with Crippen molar-refractivity contribution in [3.8, 4) is 17.2 Å². The molecular formula is C24H35IN4O4. The lowest BCUT2D eigenvalue weighted by molar-refractivity contribution is -0.119. The summed E-state index contributed by atoms with van der Waals surface area (Å²) in [6.07, 6.45) is 0.807. The number of carbonyl (C=O) groups excluding carboxylic acids is 1. The first kappa shape index (κ1) is 28.3. The van der Waals surface area contributed by atoms with Crippen LogP contribution in [0.1, 0.15) is 31.4 Å². The lowest BCUT2D eigenvalue weighted by atomic mass is 10.1. The molecule has 8 nitrogen and oxygen atoms in total. The van der Waals surface area contributed by atoms with Crippen molar-refractivity contribution in [3.05, 3.63) is 47.5 Å². The van der Waals surface area contributed by atoms with Crippen LogP contribution in [-0.4, -0.2) is 40.2 Å². The highest BCUT2D eigenvalue weighted by Gasteiger charge is 2.13. The van der Waals surface area contributed by atoms with Crippen LogP contribution in [0.2, 0.25) is 0 Å². The molecule has 2 rings (SSSR count). The molecule has 1 atom stereocenters. The van der Waals surface area contributed by atoms with Crippen molar-refractivity contribution in [2.24, 2.45) is 10.9 Å². The van der Waals surface area contributed by atoms with Crippen LogP contribution in [0, 0.1) is 5.92 Å². The molecule has 3 N–H and O–H groups in total. The van der Waals surface area contributed by atoms with Crippen LogP contribution >= 0.6 is 24.0 Å². The smallest absolute Gasteiger partial charge is 0.227 e. The number of amides is 1. The summed E-state index contributed by atoms with van der Waals surface area (Å²) in [5.74, 6) is 2.41. The van der Waals surface area contributed by atoms with E-state index in [1.54, 1.807) is 28.4 Å². The molecule has 182 valence electrons. The zero-order valence-corrected chi connectivity index (χ0v) is 22.5. The van der Waals surface area contributed by atoms with Crippen molar-refractivity contribution in [2.75, 3.05) is 33.7 Å². The number of methoxy groups -OCH3 is 3. The number of ether oxygens (including phenoxy) is 3. The summed E-state index contributed by atoms with van der Waals surface area (Å²) >= 11 is 0. The number of benzene rings is 2. The third-order valence-corrected chi connectivity index (χ3v) is 5.12. The summed E-state index contributed by atoms with van der Waals surface area (Å²) in [5, 5.41) is 9.54. The minimum atomic E-state index is -0.0185. The average Bonchev–Trinajstić information content (AvgIpc) is 2.82. The summed E-state index contributed by atoms with van der Waals surface area (Å²) in [5.41, 5.74) is 2.77. The predicted octanol–water partition coefficient (Wildman–Crippen LogP) is 4.18. The van der Waals surface area contributed by atoms with Crippen molar-refractivity contribution >= 4 is 41.5 Å². The number of hydrogen-bond donors (Lipinski definition) is 3. The minimum Gasteiger partial charge on any atom is -0.493 e. The van der Waals surface area contributed by atoms with Crippen LogP contribution < -0.4 is 30.2 Å². The van der Waals surface area contributed by atoms with Gasteiger partial charge in [-0.15, -0.1) is 24.0 Å². The molecule has 0 saturated carbocycles. The topological polar surface area (TPSA) is 93.2 Å². The van der Waals surface area contributed by atoms with Crippen molar-refractivity contribution < 1.29 is 19.0 Å². The normalized spacial score (nSPS) is 11.6. The van der Waals surface area contributed by atoms with E-state index >= 15 is 0 Å². The van der Waals surface area contributed by atoms with Gasteiger partial charge in [0, 0.05) is 31.7 Å². The van der Waals surface area contributed by atoms with Gasteiger partial charge in [-0.3, -0.25) is 9.79 Å². The molecule has 0 aromatic heterocycles. The maximum Gasteiger partial charge on any atom is 0.227 e. The Kier molecular flexibility index (Phi) is 12.4. The number of hydrogen-bond acceptors (Lipinski definition) is 5. The van der Waals surface area contributed by atoms with Gasteiger partial charge in [0.15, 0.2) is 17.5 Å². The zero-order chi connectivity index (χ0) is 23.5. The van der Waals surface area contributed by atoms with Crippen LogP contribution in [0.5, 0.6) is 17.2 Å². The molecule has 0 radical (unpaired) electrons. The van der Waals surface area contributed by atoms with E-state index in [-0.39, 0.29) is 35.8 Å². The fraction of sp³-hybridized carbons (Fsp3) is 0.417. The number of aliphatic imine (C=N–C) groups is 1. The van der Waals surface area contributed by atoms with Gasteiger partial charge in [0.05, 0.1) is 21.3 Å². The Balaban J connectivity index is 0.00000544. The summed E-state index contributed by atoms with van der Waals surface area (Å²) in [6, 6.07) is 11.6. The molecule has 1 unspecified atom stereocenters. The minimum absolute atomic E-state index is 0. The molecule has 33 heavy (non-hydrogen) atoms. The van der Waals surface area contributed by atoms with Crippen LogP contribution in [0.15, 0.2) is 41.4 Å². The van der Waals surface area contributed by atoms with Gasteiger partial charge in [-0.1, -0.05) is 26.0 Å². The Morgan fingerprint density at radius 2 is 1.58 bits per heavy atom. The van der Waals surface area contributed by atoms with Crippen molar-refractivity contribution in [1.82, 2.24) is 10.6 Å². The van der Waals surface area contributed by atoms with Crippen molar-refractivity contribution in [1.29, 1.82) is 0 Å². The van der Waals surface area contributed by atoms with E-state index in [1.165, 1.54) is 0 Å². The predicted molar refractivity (Wildman–Crippen MR) is 143 cm³/mol. The molecule has 2 aromatic carbocycles. The van der Waals surface area contributed by atoms with Crippen LogP contribution in [0.4, 0.5) is 5.69 Å². The molecule has 0 spiro atoms. The fourth-order valence-electron chi connectivity index (χ4n) is 3.04. The summed E-state index contributed by atoms with van der Waals surface area (Å²) in [7, 11) is 6.48. The number of carbonyl (C=O) groups is 1. The first-order valence-corrected chi connectivity index (χ1v) is 10.6. The first-order chi connectivity index (χ1) is 15.4. The number of anilines is 1. The van der Waals surface area contributed by atoms with E-state index < -0.39 is 0 Å². The second-order valence-corrected chi connectivity index (χ2v) is 7.31. The number of rotatable bonds is 10. The molecule has 0 bridgehead atoms. The van der Waals surface area contributed by atoms with Crippen molar-refractivity contribution in [2.45, 2.75) is 33.4 Å². The molecule has 0 aliphatic carbocycles. The maximum absolute atomic E-state index is 12.1. The molecule has 0 fully saturated rings. The Hall–Kier alpha value is -2.69. The van der Waals surface area contributed by atoms with Gasteiger partial charge in [0.1, 0.15) is 0 Å². The lowest BCUT2D eigenvalue weighted by Crippen LogP contribution is -2.36. The monoisotopic (exact) mass is 570 g/mol. The molecule has 0 aliphatic heterocycles. The first-order valence-electron chi connectivity index (χ1n) is 10.6. The molecular weight excluding hydrogens is 535 g/mol. The Morgan fingerprint density at radius 1 is 0.970 bits per heavy atom. The van der Waals surface area contributed by atoms with E-state index in [2.05, 4.69) is 20.9 Å². The van der Waals surface area contributed by atoms with Crippen LogP contribution in [0.3, 0.4) is 0 Å². The average molecular weight is 570 g/mol. The van der Waals surface area contributed by atoms with E-state index in [0.717, 1.165) is 23.2 Å². The standard InChI is InChI=1S/C24H34N4O4.HI/c1-7-16(2)23(29)28-19-10-8-9-17(11-19)14-26-24(25-3)27-15-18-12-20(30-4)22(32-6)21(13-18)31-5;/h8-13,16H,7,14-15H2,1-6H3,(H,28,29)(H2,25,26,27);1H. The van der Waals surface area contributed by atoms with Gasteiger partial charge in [0.2, 0.25) is 11.7 Å². The van der Waals surface area contributed by atoms with Gasteiger partial charge in [-0.05, 0) is 41.8 Å². The summed E-state index contributed by atoms with van der Waals surface area (Å²) < 4.78 is 16.2. The quantitative estimate of drug-likeness (QED) is 0.226. The molecule has 9 heteroatoms. The Bertz CT molecular complexity index is 911. The second-order valence-electron chi connectivity index (χ2n) is 7.31. The van der Waals surface area contributed by atoms with Gasteiger partial charge >= 0.3 is 0 Å². The lowest BCUT2D eigenvalue weighted by Gasteiger charge is -2.16. The molecule has 0 heterocycles. The highest BCUT2D eigenvalue weighted by Crippen LogP contribution is 2.38. The second kappa shape index (κ2) is 14.5. The molecule has 0 aliphatic rings. The SMILES string of the molecule is CCC(C)C(=O)Nc1cccc(CNC(=NC)NCc2cc(OC)c(OC)c(OC)c2)c1.I. The van der Waals surface area contributed by atoms with E-state index in [1.807, 2.05) is 50.2 Å². The van der Waals surface area contributed by atoms with E-state index in [0.29, 0.717) is 36.3 Å². The third-order valence-electron chi connectivity index (χ3n) is 5.12. The third kappa shape index (κ3) is 8.30. The Labute approximate surface area is 213 Å². The highest BCUT2D eigenvalue weighted by atomic mass is 127. The van der Waals surface area contributed by atoms with Gasteiger partial charge in [-0.2, -0.15) is 0 Å². The largest absolute Gasteiger partial charge is 0.493 e. The molecule has 2 aromatic rings. The van der Waals surface area contributed by atoms with E-state index in [4.69, 9.17) is 14.2 Å². The number of nitrogens with one attached hydrogen (secondary N) is 3. The van der Waals surface area contributed by atoms with Crippen LogP contribution in [0.25, 0.3) is 0 Å². The number of halogens is 1. The zero-order valence-electron chi connectivity index (χ0n) is 20.2. The Morgan fingerprint density at radius 3 is 2.09 bits per heavy atom. The molecule has 1 amide bonds. The summed E-state index contributed by atoms with van der Waals surface area (Å²) in [4.78, 5) is 16.4. The number of guanidine groups is 1. The maximum atomic E-state index is 12.1. The fourth-order valence-corrected chi connectivity index (χ4v) is 3.04. The van der Waals surface area contributed by atoms with E-state index in [9.17, 15) is 4.79 Å². The van der Waals surface area contributed by atoms with Crippen molar-refractivity contribution in [3.63, 3.8) is 0 Å².